The van der Waals surface area contributed by atoms with Crippen LogP contribution < -0.4 is 0 Å². The Kier molecular flexibility index (Phi) is 4.24. The molecule has 128 valence electrons. The fourth-order valence-electron chi connectivity index (χ4n) is 3.83. The van der Waals surface area contributed by atoms with E-state index in [1.165, 1.54) is 0 Å². The molecular formula is C18H24N4O2. The molecule has 2 saturated heterocycles. The van der Waals surface area contributed by atoms with Gasteiger partial charge in [-0.2, -0.15) is 0 Å². The van der Waals surface area contributed by atoms with E-state index in [4.69, 9.17) is 0 Å². The first-order valence-corrected chi connectivity index (χ1v) is 8.88. The number of imidazole rings is 1. The van der Waals surface area contributed by atoms with Crippen LogP contribution in [0.1, 0.15) is 41.9 Å². The van der Waals surface area contributed by atoms with E-state index in [0.29, 0.717) is 18.8 Å². The number of carbonyl (C=O) groups excluding carboxylic acids is 1. The van der Waals surface area contributed by atoms with Crippen molar-refractivity contribution in [3.8, 4) is 0 Å². The second-order valence-corrected chi connectivity index (χ2v) is 6.87. The Bertz CT molecular complexity index is 736. The minimum absolute atomic E-state index is 0.0451. The third-order valence-corrected chi connectivity index (χ3v) is 5.08. The SMILES string of the molecule is O=C(c1nc2ccccn2c1CN1CCC[C@H](O)C1)N1CCCC1. The normalized spacial score (nSPS) is 22.4. The topological polar surface area (TPSA) is 61.1 Å². The minimum Gasteiger partial charge on any atom is -0.392 e. The number of fused-ring (bicyclic) bond motifs is 1. The maximum absolute atomic E-state index is 12.9. The molecule has 1 N–H and O–H groups in total. The largest absolute Gasteiger partial charge is 0.392 e. The van der Waals surface area contributed by atoms with Gasteiger partial charge in [0.2, 0.25) is 0 Å². The van der Waals surface area contributed by atoms with E-state index in [0.717, 1.165) is 56.7 Å². The Morgan fingerprint density at radius 2 is 2.04 bits per heavy atom. The van der Waals surface area contributed by atoms with Crippen LogP contribution in [-0.4, -0.2) is 62.5 Å². The number of pyridine rings is 1. The number of aliphatic hydroxyl groups is 1. The van der Waals surface area contributed by atoms with E-state index in [2.05, 4.69) is 9.88 Å². The van der Waals surface area contributed by atoms with Gasteiger partial charge in [-0.15, -0.1) is 0 Å². The van der Waals surface area contributed by atoms with Crippen LogP contribution in [0.4, 0.5) is 0 Å². The van der Waals surface area contributed by atoms with Gasteiger partial charge in [0.25, 0.3) is 5.91 Å². The van der Waals surface area contributed by atoms with Crippen molar-refractivity contribution in [3.63, 3.8) is 0 Å². The third kappa shape index (κ3) is 2.91. The Hall–Kier alpha value is -1.92. The average molecular weight is 328 g/mol. The van der Waals surface area contributed by atoms with Gasteiger partial charge < -0.3 is 14.4 Å². The molecule has 6 nitrogen and oxygen atoms in total. The lowest BCUT2D eigenvalue weighted by atomic mass is 10.1. The van der Waals surface area contributed by atoms with Crippen molar-refractivity contribution in [3.05, 3.63) is 35.8 Å². The molecule has 2 aliphatic heterocycles. The summed E-state index contributed by atoms with van der Waals surface area (Å²) in [6.45, 7) is 3.92. The summed E-state index contributed by atoms with van der Waals surface area (Å²) in [5.74, 6) is 0.0451. The van der Waals surface area contributed by atoms with E-state index in [9.17, 15) is 9.90 Å². The van der Waals surface area contributed by atoms with Gasteiger partial charge in [-0.1, -0.05) is 6.07 Å². The number of hydrogen-bond acceptors (Lipinski definition) is 4. The van der Waals surface area contributed by atoms with Crippen LogP contribution in [0.3, 0.4) is 0 Å². The van der Waals surface area contributed by atoms with Crippen LogP contribution in [0.25, 0.3) is 5.65 Å². The lowest BCUT2D eigenvalue weighted by molar-refractivity contribution is 0.0653. The lowest BCUT2D eigenvalue weighted by Gasteiger charge is -2.30. The first-order chi connectivity index (χ1) is 11.7. The summed E-state index contributed by atoms with van der Waals surface area (Å²) in [6.07, 6.45) is 5.71. The van der Waals surface area contributed by atoms with E-state index in [-0.39, 0.29) is 12.0 Å². The number of β-amino-alcohol motifs (C(OH)–C–C–N with tert-alkyl or cyclic N) is 1. The Morgan fingerprint density at radius 3 is 2.83 bits per heavy atom. The highest BCUT2D eigenvalue weighted by Crippen LogP contribution is 2.21. The molecule has 0 aliphatic carbocycles. The van der Waals surface area contributed by atoms with Crippen LogP contribution in [0, 0.1) is 0 Å². The first-order valence-electron chi connectivity index (χ1n) is 8.88. The van der Waals surface area contributed by atoms with Gasteiger partial charge in [0, 0.05) is 32.4 Å². The van der Waals surface area contributed by atoms with Gasteiger partial charge in [0.05, 0.1) is 11.8 Å². The second-order valence-electron chi connectivity index (χ2n) is 6.87. The highest BCUT2D eigenvalue weighted by molar-refractivity contribution is 5.94. The number of aromatic nitrogens is 2. The standard InChI is InChI=1S/C18H24N4O2/c23-14-6-5-8-20(12-14)13-15-17(18(24)21-9-3-4-10-21)19-16-7-1-2-11-22(15)16/h1-2,7,11,14,23H,3-6,8-10,12-13H2/t14-/m0/s1. The molecule has 0 saturated carbocycles. The average Bonchev–Trinajstić information content (AvgIpc) is 3.23. The van der Waals surface area contributed by atoms with Crippen molar-refractivity contribution >= 4 is 11.6 Å². The molecule has 6 heteroatoms. The van der Waals surface area contributed by atoms with Crippen molar-refractivity contribution in [2.75, 3.05) is 26.2 Å². The molecule has 2 fully saturated rings. The summed E-state index contributed by atoms with van der Waals surface area (Å²) in [6, 6.07) is 5.85. The highest BCUT2D eigenvalue weighted by atomic mass is 16.3. The van der Waals surface area contributed by atoms with E-state index in [1.54, 1.807) is 0 Å². The zero-order chi connectivity index (χ0) is 16.5. The van der Waals surface area contributed by atoms with Gasteiger partial charge in [-0.3, -0.25) is 9.69 Å². The second kappa shape index (κ2) is 6.53. The van der Waals surface area contributed by atoms with Crippen molar-refractivity contribution in [1.82, 2.24) is 19.2 Å². The summed E-state index contributed by atoms with van der Waals surface area (Å²) in [4.78, 5) is 21.7. The van der Waals surface area contributed by atoms with E-state index < -0.39 is 0 Å². The number of amides is 1. The van der Waals surface area contributed by atoms with Crippen LogP contribution in [0.2, 0.25) is 0 Å². The maximum Gasteiger partial charge on any atom is 0.274 e. The van der Waals surface area contributed by atoms with Crippen LogP contribution >= 0.6 is 0 Å². The zero-order valence-corrected chi connectivity index (χ0v) is 13.9. The molecule has 2 aromatic rings. The third-order valence-electron chi connectivity index (χ3n) is 5.08. The molecule has 4 heterocycles. The molecule has 0 radical (unpaired) electrons. The molecule has 24 heavy (non-hydrogen) atoms. The molecule has 2 aromatic heterocycles. The summed E-state index contributed by atoms with van der Waals surface area (Å²) in [5, 5.41) is 9.93. The number of likely N-dealkylation sites (tertiary alicyclic amines) is 2. The number of piperidine rings is 1. The van der Waals surface area contributed by atoms with Crippen molar-refractivity contribution in [2.45, 2.75) is 38.3 Å². The zero-order valence-electron chi connectivity index (χ0n) is 13.9. The Morgan fingerprint density at radius 1 is 1.21 bits per heavy atom. The Balaban J connectivity index is 1.68. The van der Waals surface area contributed by atoms with Gasteiger partial charge >= 0.3 is 0 Å². The first kappa shape index (κ1) is 15.6. The van der Waals surface area contributed by atoms with Crippen LogP contribution in [-0.2, 0) is 6.54 Å². The highest BCUT2D eigenvalue weighted by Gasteiger charge is 2.27. The molecule has 0 unspecified atom stereocenters. The van der Waals surface area contributed by atoms with Crippen molar-refractivity contribution in [2.24, 2.45) is 0 Å². The fourth-order valence-corrected chi connectivity index (χ4v) is 3.83. The predicted octanol–water partition coefficient (Wildman–Crippen LogP) is 1.53. The minimum atomic E-state index is -0.268. The molecule has 0 bridgehead atoms. The number of hydrogen-bond donors (Lipinski definition) is 1. The number of aliphatic hydroxyl groups excluding tert-OH is 1. The van der Waals surface area contributed by atoms with Crippen molar-refractivity contribution in [1.29, 1.82) is 0 Å². The smallest absolute Gasteiger partial charge is 0.274 e. The summed E-state index contributed by atoms with van der Waals surface area (Å²) in [5.41, 5.74) is 2.33. The van der Waals surface area contributed by atoms with E-state index >= 15 is 0 Å². The van der Waals surface area contributed by atoms with Gasteiger partial charge in [-0.25, -0.2) is 4.98 Å². The fraction of sp³-hybridized carbons (Fsp3) is 0.556. The molecule has 0 spiro atoms. The Labute approximate surface area is 141 Å². The molecule has 1 atom stereocenters. The van der Waals surface area contributed by atoms with Crippen LogP contribution in [0.15, 0.2) is 24.4 Å². The van der Waals surface area contributed by atoms with Crippen LogP contribution in [0.5, 0.6) is 0 Å². The molecule has 4 rings (SSSR count). The lowest BCUT2D eigenvalue weighted by Crippen LogP contribution is -2.38. The number of nitrogens with zero attached hydrogens (tertiary/aromatic N) is 4. The van der Waals surface area contributed by atoms with Gasteiger partial charge in [-0.05, 0) is 44.4 Å². The maximum atomic E-state index is 12.9. The number of carbonyl (C=O) groups is 1. The molecular weight excluding hydrogens is 304 g/mol. The van der Waals surface area contributed by atoms with Gasteiger partial charge in [0.1, 0.15) is 5.65 Å². The predicted molar refractivity (Wildman–Crippen MR) is 90.8 cm³/mol. The van der Waals surface area contributed by atoms with Gasteiger partial charge in [0.15, 0.2) is 5.69 Å². The summed E-state index contributed by atoms with van der Waals surface area (Å²) >= 11 is 0. The number of rotatable bonds is 3. The summed E-state index contributed by atoms with van der Waals surface area (Å²) < 4.78 is 2.02. The molecule has 0 aromatic carbocycles. The monoisotopic (exact) mass is 328 g/mol. The molecule has 1 amide bonds. The molecule has 2 aliphatic rings. The summed E-state index contributed by atoms with van der Waals surface area (Å²) in [7, 11) is 0. The van der Waals surface area contributed by atoms with Crippen molar-refractivity contribution < 1.29 is 9.90 Å². The quantitative estimate of drug-likeness (QED) is 0.928. The van der Waals surface area contributed by atoms with E-state index in [1.807, 2.05) is 33.7 Å².